The highest BCUT2D eigenvalue weighted by molar-refractivity contribution is 5.39. The quantitative estimate of drug-likeness (QED) is 0.697. The molecule has 0 aromatic carbocycles. The van der Waals surface area contributed by atoms with Crippen LogP contribution in [0, 0.1) is 11.8 Å². The van der Waals surface area contributed by atoms with Gasteiger partial charge in [-0.2, -0.15) is 5.10 Å². The van der Waals surface area contributed by atoms with Gasteiger partial charge in [-0.15, -0.1) is 0 Å². The van der Waals surface area contributed by atoms with Crippen LogP contribution in [0.2, 0.25) is 0 Å². The van der Waals surface area contributed by atoms with Crippen molar-refractivity contribution in [3.8, 4) is 11.8 Å². The van der Waals surface area contributed by atoms with E-state index in [1.165, 1.54) is 5.56 Å². The number of rotatable bonds is 1. The van der Waals surface area contributed by atoms with Crippen LogP contribution in [0.25, 0.3) is 0 Å². The predicted octanol–water partition coefficient (Wildman–Crippen LogP) is 2.34. The van der Waals surface area contributed by atoms with Crippen LogP contribution >= 0.6 is 0 Å². The van der Waals surface area contributed by atoms with Crippen LogP contribution in [0.5, 0.6) is 0 Å². The first-order valence-electron chi connectivity index (χ1n) is 5.62. The maximum Gasteiger partial charge on any atom is 0.113 e. The molecule has 2 aromatic rings. The molecule has 0 spiro atoms. The minimum absolute atomic E-state index is 0.497. The molecule has 3 heteroatoms. The van der Waals surface area contributed by atoms with Gasteiger partial charge in [0.05, 0.1) is 11.8 Å². The van der Waals surface area contributed by atoms with E-state index in [2.05, 4.69) is 35.8 Å². The second-order valence-electron chi connectivity index (χ2n) is 4.28. The van der Waals surface area contributed by atoms with Crippen LogP contribution in [-0.4, -0.2) is 14.8 Å². The molecule has 0 saturated heterocycles. The van der Waals surface area contributed by atoms with Crippen LogP contribution in [0.1, 0.15) is 36.6 Å². The fourth-order valence-electron chi connectivity index (χ4n) is 1.50. The Kier molecular flexibility index (Phi) is 3.24. The van der Waals surface area contributed by atoms with Gasteiger partial charge in [-0.05, 0) is 29.5 Å². The summed E-state index contributed by atoms with van der Waals surface area (Å²) in [6.45, 7) is 4.32. The third-order valence-corrected chi connectivity index (χ3v) is 2.49. The zero-order chi connectivity index (χ0) is 12.3. The fraction of sp³-hybridized carbons (Fsp3) is 0.286. The summed E-state index contributed by atoms with van der Waals surface area (Å²) in [7, 11) is 1.88. The first-order chi connectivity index (χ1) is 8.15. The van der Waals surface area contributed by atoms with Crippen molar-refractivity contribution in [2.75, 3.05) is 0 Å². The number of hydrogen-bond donors (Lipinski definition) is 0. The molecule has 17 heavy (non-hydrogen) atoms. The summed E-state index contributed by atoms with van der Waals surface area (Å²) in [5.74, 6) is 6.60. The molecule has 0 aliphatic rings. The molecule has 0 fully saturated rings. The Morgan fingerprint density at radius 1 is 1.29 bits per heavy atom. The van der Waals surface area contributed by atoms with E-state index in [-0.39, 0.29) is 0 Å². The average molecular weight is 225 g/mol. The molecule has 0 saturated carbocycles. The van der Waals surface area contributed by atoms with E-state index in [4.69, 9.17) is 0 Å². The Balaban J connectivity index is 2.24. The zero-order valence-corrected chi connectivity index (χ0v) is 10.3. The summed E-state index contributed by atoms with van der Waals surface area (Å²) >= 11 is 0. The molecular formula is C14H15N3. The van der Waals surface area contributed by atoms with Gasteiger partial charge in [0, 0.05) is 19.4 Å². The van der Waals surface area contributed by atoms with Gasteiger partial charge in [0.25, 0.3) is 0 Å². The standard InChI is InChI=1S/C14H15N3/c1-11(2)13-6-7-15-14(8-13)5-4-12-9-16-17(3)10-12/h6-11H,1-3H3. The Morgan fingerprint density at radius 3 is 2.76 bits per heavy atom. The van der Waals surface area contributed by atoms with Gasteiger partial charge in [0.15, 0.2) is 0 Å². The monoisotopic (exact) mass is 225 g/mol. The van der Waals surface area contributed by atoms with Gasteiger partial charge in [0.1, 0.15) is 5.69 Å². The van der Waals surface area contributed by atoms with E-state index in [9.17, 15) is 0 Å². The van der Waals surface area contributed by atoms with Crippen molar-refractivity contribution >= 4 is 0 Å². The molecule has 86 valence electrons. The van der Waals surface area contributed by atoms with E-state index < -0.39 is 0 Å². The predicted molar refractivity (Wildman–Crippen MR) is 67.5 cm³/mol. The van der Waals surface area contributed by atoms with Crippen molar-refractivity contribution in [1.29, 1.82) is 0 Å². The molecule has 0 bridgehead atoms. The molecule has 0 unspecified atom stereocenters. The highest BCUT2D eigenvalue weighted by Gasteiger charge is 1.99. The lowest BCUT2D eigenvalue weighted by molar-refractivity contribution is 0.767. The topological polar surface area (TPSA) is 30.7 Å². The largest absolute Gasteiger partial charge is 0.275 e. The number of nitrogens with zero attached hydrogens (tertiary/aromatic N) is 3. The summed E-state index contributed by atoms with van der Waals surface area (Å²) in [6.07, 6.45) is 5.45. The van der Waals surface area contributed by atoms with E-state index in [0.717, 1.165) is 11.3 Å². The zero-order valence-electron chi connectivity index (χ0n) is 10.3. The number of aryl methyl sites for hydroxylation is 1. The number of hydrogen-bond acceptors (Lipinski definition) is 2. The van der Waals surface area contributed by atoms with E-state index in [1.54, 1.807) is 10.9 Å². The van der Waals surface area contributed by atoms with Crippen LogP contribution in [0.15, 0.2) is 30.7 Å². The Labute approximate surface area is 102 Å². The lowest BCUT2D eigenvalue weighted by Gasteiger charge is -2.03. The fourth-order valence-corrected chi connectivity index (χ4v) is 1.50. The summed E-state index contributed by atoms with van der Waals surface area (Å²) in [6, 6.07) is 4.06. The van der Waals surface area contributed by atoms with Crippen LogP contribution < -0.4 is 0 Å². The Hall–Kier alpha value is -2.08. The summed E-state index contributed by atoms with van der Waals surface area (Å²) in [5.41, 5.74) is 2.97. The third-order valence-electron chi connectivity index (χ3n) is 2.49. The first kappa shape index (κ1) is 11.4. The molecule has 0 aliphatic heterocycles. The van der Waals surface area contributed by atoms with Crippen molar-refractivity contribution in [2.24, 2.45) is 7.05 Å². The third kappa shape index (κ3) is 2.94. The van der Waals surface area contributed by atoms with Gasteiger partial charge in [-0.1, -0.05) is 19.8 Å². The van der Waals surface area contributed by atoms with Crippen molar-refractivity contribution < 1.29 is 0 Å². The van der Waals surface area contributed by atoms with Crippen molar-refractivity contribution in [3.63, 3.8) is 0 Å². The Morgan fingerprint density at radius 2 is 2.12 bits per heavy atom. The highest BCUT2D eigenvalue weighted by atomic mass is 15.2. The highest BCUT2D eigenvalue weighted by Crippen LogP contribution is 2.13. The van der Waals surface area contributed by atoms with Crippen molar-refractivity contribution in [1.82, 2.24) is 14.8 Å². The molecule has 0 N–H and O–H groups in total. The van der Waals surface area contributed by atoms with Gasteiger partial charge in [-0.3, -0.25) is 4.68 Å². The van der Waals surface area contributed by atoms with Crippen molar-refractivity contribution in [3.05, 3.63) is 47.5 Å². The normalized spacial score (nSPS) is 10.1. The SMILES string of the molecule is CC(C)c1ccnc(C#Cc2cnn(C)c2)c1. The molecule has 3 nitrogen and oxygen atoms in total. The second kappa shape index (κ2) is 4.84. The molecule has 2 rings (SSSR count). The smallest absolute Gasteiger partial charge is 0.113 e. The van der Waals surface area contributed by atoms with Crippen LogP contribution in [0.3, 0.4) is 0 Å². The van der Waals surface area contributed by atoms with E-state index >= 15 is 0 Å². The van der Waals surface area contributed by atoms with Gasteiger partial charge < -0.3 is 0 Å². The lowest BCUT2D eigenvalue weighted by atomic mass is 10.0. The summed E-state index contributed by atoms with van der Waals surface area (Å²) < 4.78 is 1.74. The maximum absolute atomic E-state index is 4.24. The van der Waals surface area contributed by atoms with Crippen molar-refractivity contribution in [2.45, 2.75) is 19.8 Å². The second-order valence-corrected chi connectivity index (χ2v) is 4.28. The molecule has 0 atom stereocenters. The average Bonchev–Trinajstić information content (AvgIpc) is 2.73. The lowest BCUT2D eigenvalue weighted by Crippen LogP contribution is -1.90. The minimum atomic E-state index is 0.497. The maximum atomic E-state index is 4.24. The minimum Gasteiger partial charge on any atom is -0.275 e. The molecule has 0 aliphatic carbocycles. The van der Waals surface area contributed by atoms with Crippen LogP contribution in [-0.2, 0) is 7.05 Å². The number of pyridine rings is 1. The van der Waals surface area contributed by atoms with E-state index in [0.29, 0.717) is 5.92 Å². The Bertz CT molecular complexity index is 570. The van der Waals surface area contributed by atoms with Gasteiger partial charge >= 0.3 is 0 Å². The molecular weight excluding hydrogens is 210 g/mol. The molecule has 2 heterocycles. The van der Waals surface area contributed by atoms with Gasteiger partial charge in [-0.25, -0.2) is 4.98 Å². The van der Waals surface area contributed by atoms with E-state index in [1.807, 2.05) is 31.6 Å². The summed E-state index contributed by atoms with van der Waals surface area (Å²) in [4.78, 5) is 4.24. The van der Waals surface area contributed by atoms with Crippen LogP contribution in [0.4, 0.5) is 0 Å². The molecule has 2 aromatic heterocycles. The van der Waals surface area contributed by atoms with Gasteiger partial charge in [0.2, 0.25) is 0 Å². The first-order valence-corrected chi connectivity index (χ1v) is 5.62. The summed E-state index contributed by atoms with van der Waals surface area (Å²) in [5, 5.41) is 4.07. The number of aromatic nitrogens is 3. The molecule has 0 amide bonds. The molecule has 0 radical (unpaired) electrons.